The minimum absolute atomic E-state index is 0.387. The van der Waals surface area contributed by atoms with Crippen molar-refractivity contribution in [3.63, 3.8) is 0 Å². The molecule has 0 aliphatic carbocycles. The van der Waals surface area contributed by atoms with E-state index in [0.29, 0.717) is 4.84 Å². The van der Waals surface area contributed by atoms with Crippen LogP contribution in [0.4, 0.5) is 0 Å². The van der Waals surface area contributed by atoms with Crippen molar-refractivity contribution in [2.24, 2.45) is 0 Å². The predicted octanol–water partition coefficient (Wildman–Crippen LogP) is 3.63. The Kier molecular flexibility index (Phi) is 1.80. The van der Waals surface area contributed by atoms with E-state index in [4.69, 9.17) is 21.4 Å². The number of fused-ring (bicyclic) bond motifs is 3. The lowest BCUT2D eigenvalue weighted by Crippen LogP contribution is -2.28. The van der Waals surface area contributed by atoms with E-state index in [1.54, 1.807) is 0 Å². The molecule has 16 heavy (non-hydrogen) atoms. The molecule has 3 nitrogen and oxygen atoms in total. The first-order valence-corrected chi connectivity index (χ1v) is 5.51. The number of aromatic nitrogens is 1. The van der Waals surface area contributed by atoms with E-state index in [0.717, 1.165) is 22.8 Å². The smallest absolute Gasteiger partial charge is 0.266 e. The molecule has 1 aliphatic rings. The van der Waals surface area contributed by atoms with Gasteiger partial charge in [0.2, 0.25) is 0 Å². The first kappa shape index (κ1) is 9.66. The second kappa shape index (κ2) is 2.98. The van der Waals surface area contributed by atoms with Gasteiger partial charge in [-0.2, -0.15) is 0 Å². The second-order valence-electron chi connectivity index (χ2n) is 4.33. The first-order chi connectivity index (χ1) is 7.58. The Bertz CT molecular complexity index is 609. The fourth-order valence-corrected chi connectivity index (χ4v) is 2.21. The molecule has 1 N–H and O–H groups in total. The number of para-hydroxylation sites is 1. The molecule has 82 valence electrons. The Hall–Kier alpha value is -1.55. The number of H-pyrrole nitrogens is 1. The SMILES string of the molecule is CC1(C)Oc2ccccc2-c2[nH]c(=S)oc21. The van der Waals surface area contributed by atoms with Crippen molar-refractivity contribution >= 4 is 12.2 Å². The van der Waals surface area contributed by atoms with Crippen molar-refractivity contribution in [1.82, 2.24) is 4.98 Å². The molecule has 0 spiro atoms. The molecule has 0 atom stereocenters. The van der Waals surface area contributed by atoms with Crippen LogP contribution in [0.1, 0.15) is 19.6 Å². The highest BCUT2D eigenvalue weighted by Crippen LogP contribution is 2.44. The molecule has 2 aromatic rings. The first-order valence-electron chi connectivity index (χ1n) is 5.10. The van der Waals surface area contributed by atoms with E-state index < -0.39 is 5.60 Å². The van der Waals surface area contributed by atoms with Gasteiger partial charge in [0.25, 0.3) is 4.84 Å². The maximum absolute atomic E-state index is 5.90. The lowest BCUT2D eigenvalue weighted by Gasteiger charge is -2.30. The molecule has 0 amide bonds. The van der Waals surface area contributed by atoms with E-state index >= 15 is 0 Å². The van der Waals surface area contributed by atoms with Crippen LogP contribution >= 0.6 is 12.2 Å². The van der Waals surface area contributed by atoms with Crippen LogP contribution < -0.4 is 4.74 Å². The minimum atomic E-state index is -0.489. The number of benzene rings is 1. The molecule has 0 saturated heterocycles. The standard InChI is InChI=1S/C12H11NO2S/c1-12(2)10-9(13-11(16)14-10)7-5-3-4-6-8(7)15-12/h3-6H,1-2H3,(H,13,16). The third kappa shape index (κ3) is 1.23. The van der Waals surface area contributed by atoms with E-state index in [1.165, 1.54) is 0 Å². The van der Waals surface area contributed by atoms with Crippen LogP contribution in [0.5, 0.6) is 5.75 Å². The second-order valence-corrected chi connectivity index (χ2v) is 4.70. The van der Waals surface area contributed by atoms with Gasteiger partial charge in [-0.25, -0.2) is 0 Å². The van der Waals surface area contributed by atoms with Crippen LogP contribution in [-0.4, -0.2) is 4.98 Å². The zero-order valence-electron chi connectivity index (χ0n) is 9.03. The molecular weight excluding hydrogens is 222 g/mol. The van der Waals surface area contributed by atoms with Crippen molar-refractivity contribution in [3.8, 4) is 17.0 Å². The van der Waals surface area contributed by atoms with Gasteiger partial charge in [0.05, 0.1) is 5.69 Å². The van der Waals surface area contributed by atoms with Gasteiger partial charge in [-0.1, -0.05) is 12.1 Å². The topological polar surface area (TPSA) is 38.2 Å². The Balaban J connectivity index is 2.37. The number of hydrogen-bond acceptors (Lipinski definition) is 3. The number of oxazole rings is 1. The van der Waals surface area contributed by atoms with Crippen LogP contribution in [0.25, 0.3) is 11.3 Å². The molecule has 0 saturated carbocycles. The number of hydrogen-bond donors (Lipinski definition) is 1. The Morgan fingerprint density at radius 1 is 1.25 bits per heavy atom. The highest BCUT2D eigenvalue weighted by molar-refractivity contribution is 7.71. The summed E-state index contributed by atoms with van der Waals surface area (Å²) in [7, 11) is 0. The lowest BCUT2D eigenvalue weighted by atomic mass is 9.96. The number of nitrogens with one attached hydrogen (secondary N) is 1. The van der Waals surface area contributed by atoms with Crippen LogP contribution in [0.3, 0.4) is 0 Å². The molecule has 4 heteroatoms. The molecule has 0 bridgehead atoms. The van der Waals surface area contributed by atoms with Crippen molar-refractivity contribution in [2.45, 2.75) is 19.4 Å². The average Bonchev–Trinajstić information content (AvgIpc) is 2.61. The summed E-state index contributed by atoms with van der Waals surface area (Å²) in [6, 6.07) is 7.86. The van der Waals surface area contributed by atoms with Crippen LogP contribution in [-0.2, 0) is 5.60 Å². The summed E-state index contributed by atoms with van der Waals surface area (Å²) in [5, 5.41) is 0. The fourth-order valence-electron chi connectivity index (χ4n) is 2.03. The van der Waals surface area contributed by atoms with Crippen LogP contribution in [0.15, 0.2) is 28.7 Å². The number of ether oxygens (including phenoxy) is 1. The molecule has 3 rings (SSSR count). The van der Waals surface area contributed by atoms with Gasteiger partial charge in [-0.15, -0.1) is 0 Å². The van der Waals surface area contributed by atoms with Gasteiger partial charge >= 0.3 is 0 Å². The van der Waals surface area contributed by atoms with E-state index in [-0.39, 0.29) is 0 Å². The van der Waals surface area contributed by atoms with Crippen molar-refractivity contribution in [1.29, 1.82) is 0 Å². The van der Waals surface area contributed by atoms with Gasteiger partial charge in [0.1, 0.15) is 5.75 Å². The van der Waals surface area contributed by atoms with E-state index in [9.17, 15) is 0 Å². The molecule has 0 fully saturated rings. The highest BCUT2D eigenvalue weighted by Gasteiger charge is 2.36. The summed E-state index contributed by atoms with van der Waals surface area (Å²) in [6.45, 7) is 3.93. The fraction of sp³-hybridized carbons (Fsp3) is 0.250. The third-order valence-electron chi connectivity index (χ3n) is 2.72. The Morgan fingerprint density at radius 2 is 2.00 bits per heavy atom. The van der Waals surface area contributed by atoms with Crippen molar-refractivity contribution < 1.29 is 9.15 Å². The van der Waals surface area contributed by atoms with Gasteiger partial charge in [-0.05, 0) is 38.2 Å². The van der Waals surface area contributed by atoms with Crippen LogP contribution in [0.2, 0.25) is 0 Å². The summed E-state index contributed by atoms with van der Waals surface area (Å²) in [5.74, 6) is 1.61. The summed E-state index contributed by atoms with van der Waals surface area (Å²) >= 11 is 5.03. The van der Waals surface area contributed by atoms with Crippen molar-refractivity contribution in [2.75, 3.05) is 0 Å². The van der Waals surface area contributed by atoms with Gasteiger partial charge < -0.3 is 14.1 Å². The lowest BCUT2D eigenvalue weighted by molar-refractivity contribution is 0.0788. The van der Waals surface area contributed by atoms with Gasteiger partial charge in [-0.3, -0.25) is 0 Å². The zero-order valence-corrected chi connectivity index (χ0v) is 9.85. The molecule has 0 radical (unpaired) electrons. The maximum atomic E-state index is 5.90. The normalized spacial score (nSPS) is 16.1. The number of rotatable bonds is 0. The average molecular weight is 233 g/mol. The largest absolute Gasteiger partial charge is 0.479 e. The summed E-state index contributed by atoms with van der Waals surface area (Å²) in [6.07, 6.45) is 0. The van der Waals surface area contributed by atoms with Gasteiger partial charge in [0, 0.05) is 5.56 Å². The van der Waals surface area contributed by atoms with E-state index in [2.05, 4.69) is 4.98 Å². The Morgan fingerprint density at radius 3 is 2.81 bits per heavy atom. The molecule has 2 heterocycles. The van der Waals surface area contributed by atoms with E-state index in [1.807, 2.05) is 38.1 Å². The monoisotopic (exact) mass is 233 g/mol. The molecular formula is C12H11NO2S. The maximum Gasteiger partial charge on any atom is 0.266 e. The van der Waals surface area contributed by atoms with Gasteiger partial charge in [0.15, 0.2) is 11.4 Å². The molecule has 0 unspecified atom stereocenters. The zero-order chi connectivity index (χ0) is 11.3. The van der Waals surface area contributed by atoms with Crippen LogP contribution in [0, 0.1) is 4.84 Å². The quantitative estimate of drug-likeness (QED) is 0.706. The summed E-state index contributed by atoms with van der Waals surface area (Å²) in [5.41, 5.74) is 1.44. The molecule has 1 aromatic heterocycles. The third-order valence-corrected chi connectivity index (χ3v) is 2.90. The van der Waals surface area contributed by atoms with Crippen molar-refractivity contribution in [3.05, 3.63) is 34.9 Å². The Labute approximate surface area is 98.1 Å². The highest BCUT2D eigenvalue weighted by atomic mass is 32.1. The number of aromatic amines is 1. The minimum Gasteiger partial charge on any atom is -0.479 e. The predicted molar refractivity (Wildman–Crippen MR) is 63.0 cm³/mol. The summed E-state index contributed by atoms with van der Waals surface area (Å²) < 4.78 is 11.4. The molecule has 1 aliphatic heterocycles. The summed E-state index contributed by atoms with van der Waals surface area (Å²) in [4.78, 5) is 3.46. The molecule has 1 aromatic carbocycles.